The molecule has 1 aromatic rings. The Morgan fingerprint density at radius 2 is 1.96 bits per heavy atom. The maximum atomic E-state index is 11.6. The molecular weight excluding hydrogens is 314 g/mol. The molecule has 1 aromatic carbocycles. The number of carbonyl (C=O) groups excluding carboxylic acids is 3. The fraction of sp³-hybridized carbons (Fsp3) is 0.375. The lowest BCUT2D eigenvalue weighted by Gasteiger charge is -2.13. The van der Waals surface area contributed by atoms with Crippen LogP contribution in [0.3, 0.4) is 0 Å². The molecule has 128 valence electrons. The number of hydrogen-bond acceptors (Lipinski definition) is 6. The van der Waals surface area contributed by atoms with Gasteiger partial charge in [0.1, 0.15) is 17.9 Å². The van der Waals surface area contributed by atoms with E-state index in [-0.39, 0.29) is 11.7 Å². The quantitative estimate of drug-likeness (QED) is 0.653. The number of benzene rings is 1. The average Bonchev–Trinajstić information content (AvgIpc) is 2.58. The maximum Gasteiger partial charge on any atom is 0.344 e. The van der Waals surface area contributed by atoms with E-state index in [1.807, 2.05) is 6.07 Å². The van der Waals surface area contributed by atoms with Crippen LogP contribution in [0.2, 0.25) is 0 Å². The minimum Gasteiger partial charge on any atom is -0.481 e. The van der Waals surface area contributed by atoms with E-state index in [0.717, 1.165) is 0 Å². The van der Waals surface area contributed by atoms with E-state index in [2.05, 4.69) is 10.6 Å². The van der Waals surface area contributed by atoms with Crippen molar-refractivity contribution in [2.24, 2.45) is 0 Å². The molecule has 8 heteroatoms. The minimum atomic E-state index is -0.761. The second-order valence-corrected chi connectivity index (χ2v) is 4.74. The summed E-state index contributed by atoms with van der Waals surface area (Å²) in [7, 11) is 0. The van der Waals surface area contributed by atoms with E-state index in [0.29, 0.717) is 12.1 Å². The van der Waals surface area contributed by atoms with Crippen molar-refractivity contribution >= 4 is 17.8 Å². The number of ether oxygens (including phenoxy) is 2. The Kier molecular flexibility index (Phi) is 7.78. The monoisotopic (exact) mass is 333 g/mol. The summed E-state index contributed by atoms with van der Waals surface area (Å²) in [6.07, 6.45) is 0. The van der Waals surface area contributed by atoms with Crippen molar-refractivity contribution in [1.29, 1.82) is 5.26 Å². The van der Waals surface area contributed by atoms with E-state index < -0.39 is 31.1 Å². The van der Waals surface area contributed by atoms with Crippen LogP contribution in [0, 0.1) is 11.3 Å². The molecular formula is C16H19N3O5. The van der Waals surface area contributed by atoms with Crippen LogP contribution in [0.4, 0.5) is 0 Å². The van der Waals surface area contributed by atoms with Gasteiger partial charge >= 0.3 is 5.97 Å². The Labute approximate surface area is 139 Å². The number of nitrogens with zero attached hydrogens (tertiary/aromatic N) is 1. The standard InChI is InChI=1S/C16H19N3O5/c1-3-18-16(22)11(2)19-14(20)9-24-15(21)10-23-13-7-5-4-6-12(13)8-17/h4-7,11H,3,9-10H2,1-2H3,(H,18,22)(H,19,20)/t11-/m0/s1. The number of hydrogen-bond donors (Lipinski definition) is 2. The van der Waals surface area contributed by atoms with E-state index in [4.69, 9.17) is 14.7 Å². The predicted octanol–water partition coefficient (Wildman–Crippen LogP) is 0.121. The Morgan fingerprint density at radius 3 is 2.62 bits per heavy atom. The van der Waals surface area contributed by atoms with E-state index in [1.165, 1.54) is 6.92 Å². The molecule has 0 aromatic heterocycles. The third-order valence-electron chi connectivity index (χ3n) is 2.84. The smallest absolute Gasteiger partial charge is 0.344 e. The normalized spacial score (nSPS) is 10.9. The number of rotatable bonds is 8. The van der Waals surface area contributed by atoms with Crippen LogP contribution in [0.25, 0.3) is 0 Å². The molecule has 0 fully saturated rings. The van der Waals surface area contributed by atoms with E-state index >= 15 is 0 Å². The molecule has 0 saturated heterocycles. The highest BCUT2D eigenvalue weighted by Crippen LogP contribution is 2.16. The first-order valence-corrected chi connectivity index (χ1v) is 7.32. The van der Waals surface area contributed by atoms with Crippen LogP contribution < -0.4 is 15.4 Å². The van der Waals surface area contributed by atoms with Crippen LogP contribution >= 0.6 is 0 Å². The lowest BCUT2D eigenvalue weighted by molar-refractivity contribution is -0.150. The van der Waals surface area contributed by atoms with Gasteiger partial charge in [-0.05, 0) is 26.0 Å². The molecule has 0 aliphatic rings. The number of amides is 2. The number of nitrogens with one attached hydrogen (secondary N) is 2. The molecule has 24 heavy (non-hydrogen) atoms. The van der Waals surface area contributed by atoms with Crippen molar-refractivity contribution in [3.63, 3.8) is 0 Å². The van der Waals surface area contributed by atoms with Gasteiger partial charge in [0.15, 0.2) is 13.2 Å². The van der Waals surface area contributed by atoms with Gasteiger partial charge in [-0.2, -0.15) is 5.26 Å². The summed E-state index contributed by atoms with van der Waals surface area (Å²) < 4.78 is 9.93. The number of likely N-dealkylation sites (N-methyl/N-ethyl adjacent to an activating group) is 1. The first kappa shape index (κ1) is 19.0. The highest BCUT2D eigenvalue weighted by molar-refractivity contribution is 5.88. The lowest BCUT2D eigenvalue weighted by Crippen LogP contribution is -2.46. The maximum absolute atomic E-state index is 11.6. The van der Waals surface area contributed by atoms with Gasteiger partial charge in [-0.15, -0.1) is 0 Å². The Bertz CT molecular complexity index is 639. The Hall–Kier alpha value is -3.08. The predicted molar refractivity (Wildman–Crippen MR) is 83.9 cm³/mol. The van der Waals surface area contributed by atoms with Crippen molar-refractivity contribution in [2.45, 2.75) is 19.9 Å². The summed E-state index contributed by atoms with van der Waals surface area (Å²) in [6.45, 7) is 2.78. The van der Waals surface area contributed by atoms with E-state index in [9.17, 15) is 14.4 Å². The summed E-state index contributed by atoms with van der Waals surface area (Å²) in [5, 5.41) is 13.9. The molecule has 0 bridgehead atoms. The Morgan fingerprint density at radius 1 is 1.25 bits per heavy atom. The first-order chi connectivity index (χ1) is 11.5. The molecule has 8 nitrogen and oxygen atoms in total. The van der Waals surface area contributed by atoms with Gasteiger partial charge in [-0.3, -0.25) is 9.59 Å². The molecule has 1 rings (SSSR count). The second-order valence-electron chi connectivity index (χ2n) is 4.74. The molecule has 0 radical (unpaired) electrons. The topological polar surface area (TPSA) is 118 Å². The van der Waals surface area contributed by atoms with Crippen LogP contribution in [-0.4, -0.2) is 43.6 Å². The van der Waals surface area contributed by atoms with Crippen molar-refractivity contribution in [3.8, 4) is 11.8 Å². The molecule has 1 atom stereocenters. The number of nitriles is 1. The van der Waals surface area contributed by atoms with Gasteiger partial charge < -0.3 is 20.1 Å². The zero-order chi connectivity index (χ0) is 17.9. The summed E-state index contributed by atoms with van der Waals surface area (Å²) in [5.74, 6) is -1.43. The molecule has 0 heterocycles. The minimum absolute atomic E-state index is 0.256. The highest BCUT2D eigenvalue weighted by Gasteiger charge is 2.16. The van der Waals surface area contributed by atoms with Gasteiger partial charge in [-0.25, -0.2) is 4.79 Å². The SMILES string of the molecule is CCNC(=O)[C@H](C)NC(=O)COC(=O)COc1ccccc1C#N. The first-order valence-electron chi connectivity index (χ1n) is 7.32. The summed E-state index contributed by atoms with van der Waals surface area (Å²) >= 11 is 0. The van der Waals surface area contributed by atoms with Gasteiger partial charge in [0.25, 0.3) is 5.91 Å². The number of carbonyl (C=O) groups is 3. The van der Waals surface area contributed by atoms with Gasteiger partial charge in [0, 0.05) is 6.54 Å². The van der Waals surface area contributed by atoms with Gasteiger partial charge in [-0.1, -0.05) is 12.1 Å². The summed E-state index contributed by atoms with van der Waals surface area (Å²) in [5.41, 5.74) is 0.291. The summed E-state index contributed by atoms with van der Waals surface area (Å²) in [4.78, 5) is 34.6. The second kappa shape index (κ2) is 9.84. The average molecular weight is 333 g/mol. The largest absolute Gasteiger partial charge is 0.481 e. The third kappa shape index (κ3) is 6.36. The molecule has 0 aliphatic carbocycles. The fourth-order valence-corrected chi connectivity index (χ4v) is 1.69. The highest BCUT2D eigenvalue weighted by atomic mass is 16.6. The molecule has 0 spiro atoms. The van der Waals surface area contributed by atoms with Crippen molar-refractivity contribution < 1.29 is 23.9 Å². The van der Waals surface area contributed by atoms with E-state index in [1.54, 1.807) is 31.2 Å². The molecule has 0 unspecified atom stereocenters. The lowest BCUT2D eigenvalue weighted by atomic mass is 10.2. The zero-order valence-electron chi connectivity index (χ0n) is 13.5. The van der Waals surface area contributed by atoms with Crippen molar-refractivity contribution in [1.82, 2.24) is 10.6 Å². The van der Waals surface area contributed by atoms with Gasteiger partial charge in [0.2, 0.25) is 5.91 Å². The fourth-order valence-electron chi connectivity index (χ4n) is 1.69. The van der Waals surface area contributed by atoms with Crippen molar-refractivity contribution in [3.05, 3.63) is 29.8 Å². The van der Waals surface area contributed by atoms with Gasteiger partial charge in [0.05, 0.1) is 5.56 Å². The van der Waals surface area contributed by atoms with Crippen LogP contribution in [0.1, 0.15) is 19.4 Å². The molecule has 2 N–H and O–H groups in total. The van der Waals surface area contributed by atoms with Crippen LogP contribution in [-0.2, 0) is 19.1 Å². The summed E-state index contributed by atoms with van der Waals surface area (Å²) in [6, 6.07) is 7.64. The molecule has 0 saturated carbocycles. The van der Waals surface area contributed by atoms with Crippen LogP contribution in [0.15, 0.2) is 24.3 Å². The number of para-hydroxylation sites is 1. The zero-order valence-corrected chi connectivity index (χ0v) is 13.5. The number of esters is 1. The molecule has 2 amide bonds. The van der Waals surface area contributed by atoms with Crippen LogP contribution in [0.5, 0.6) is 5.75 Å². The van der Waals surface area contributed by atoms with Crippen molar-refractivity contribution in [2.75, 3.05) is 19.8 Å². The molecule has 0 aliphatic heterocycles. The Balaban J connectivity index is 2.34. The third-order valence-corrected chi connectivity index (χ3v) is 2.84.